The predicted octanol–water partition coefficient (Wildman–Crippen LogP) is 3.72. The monoisotopic (exact) mass is 283 g/mol. The summed E-state index contributed by atoms with van der Waals surface area (Å²) in [7, 11) is 0. The second-order valence-electron chi connectivity index (χ2n) is 3.23. The lowest BCUT2D eigenvalue weighted by molar-refractivity contribution is -0.120. The van der Waals surface area contributed by atoms with Crippen LogP contribution >= 0.6 is 23.2 Å². The Morgan fingerprint density at radius 1 is 1.11 bits per heavy atom. The molecule has 6 heteroatoms. The molecular formula is C12H7Cl2NO3. The lowest BCUT2D eigenvalue weighted by Gasteiger charge is -2.06. The first-order valence-corrected chi connectivity index (χ1v) is 5.64. The number of halogens is 2. The molecule has 18 heavy (non-hydrogen) atoms. The number of hydrogen-bond donors (Lipinski definition) is 0. The van der Waals surface area contributed by atoms with Crippen LogP contribution in [-0.4, -0.2) is 11.5 Å². The highest BCUT2D eigenvalue weighted by Crippen LogP contribution is 2.29. The maximum Gasteiger partial charge on any atom is 0.298 e. The molecule has 0 saturated heterocycles. The molecule has 0 atom stereocenters. The van der Waals surface area contributed by atoms with Gasteiger partial charge in [-0.3, -0.25) is 4.79 Å². The fourth-order valence-electron chi connectivity index (χ4n) is 1.23. The number of nitrogens with zero attached hydrogens (tertiary/aromatic N) is 1. The van der Waals surface area contributed by atoms with Gasteiger partial charge in [0.15, 0.2) is 0 Å². The van der Waals surface area contributed by atoms with E-state index in [0.717, 1.165) is 0 Å². The van der Waals surface area contributed by atoms with E-state index >= 15 is 0 Å². The van der Waals surface area contributed by atoms with Crippen LogP contribution in [0.5, 0.6) is 17.4 Å². The van der Waals surface area contributed by atoms with Crippen LogP contribution in [0.2, 0.25) is 10.0 Å². The van der Waals surface area contributed by atoms with Crippen LogP contribution in [0.15, 0.2) is 36.5 Å². The van der Waals surface area contributed by atoms with Crippen molar-refractivity contribution in [2.45, 2.75) is 0 Å². The zero-order chi connectivity index (χ0) is 13.0. The van der Waals surface area contributed by atoms with Gasteiger partial charge in [0.1, 0.15) is 16.5 Å². The molecule has 0 saturated carbocycles. The number of hydrogen-bond acceptors (Lipinski definition) is 4. The summed E-state index contributed by atoms with van der Waals surface area (Å²) in [6.07, 6.45) is 1.44. The van der Waals surface area contributed by atoms with Crippen molar-refractivity contribution in [1.82, 2.24) is 4.98 Å². The Kier molecular flexibility index (Phi) is 4.02. The van der Waals surface area contributed by atoms with Gasteiger partial charge in [-0.1, -0.05) is 23.2 Å². The van der Waals surface area contributed by atoms with Crippen LogP contribution in [-0.2, 0) is 4.79 Å². The van der Waals surface area contributed by atoms with Gasteiger partial charge in [-0.15, -0.1) is 0 Å². The smallest absolute Gasteiger partial charge is 0.298 e. The molecule has 92 valence electrons. The highest BCUT2D eigenvalue weighted by Gasteiger charge is 2.05. The van der Waals surface area contributed by atoms with Crippen LogP contribution in [0.25, 0.3) is 0 Å². The fourth-order valence-corrected chi connectivity index (χ4v) is 1.65. The Labute approximate surface area is 113 Å². The molecule has 0 fully saturated rings. The standard InChI is InChI=1S/C12H7Cl2NO3/c13-8-5-11(14)12(15-6-8)18-10-3-1-9(2-4-10)17-7-16/h1-7H. The van der Waals surface area contributed by atoms with Gasteiger partial charge in [-0.2, -0.15) is 0 Å². The summed E-state index contributed by atoms with van der Waals surface area (Å²) in [6.45, 7) is 0.355. The van der Waals surface area contributed by atoms with E-state index in [-0.39, 0.29) is 5.88 Å². The van der Waals surface area contributed by atoms with Gasteiger partial charge >= 0.3 is 0 Å². The van der Waals surface area contributed by atoms with E-state index in [9.17, 15) is 4.79 Å². The number of carbonyl (C=O) groups excluding carboxylic acids is 1. The van der Waals surface area contributed by atoms with Crippen molar-refractivity contribution in [3.05, 3.63) is 46.6 Å². The van der Waals surface area contributed by atoms with E-state index in [0.29, 0.717) is 28.0 Å². The summed E-state index contributed by atoms with van der Waals surface area (Å²) in [5.74, 6) is 1.20. The Morgan fingerprint density at radius 2 is 1.78 bits per heavy atom. The average molecular weight is 284 g/mol. The number of benzene rings is 1. The van der Waals surface area contributed by atoms with E-state index in [4.69, 9.17) is 27.9 Å². The molecule has 0 bridgehead atoms. The van der Waals surface area contributed by atoms with Crippen molar-refractivity contribution in [3.8, 4) is 17.4 Å². The summed E-state index contributed by atoms with van der Waals surface area (Å²) in [4.78, 5) is 14.1. The molecule has 0 amide bonds. The summed E-state index contributed by atoms with van der Waals surface area (Å²) < 4.78 is 10.1. The molecule has 1 aromatic heterocycles. The maximum atomic E-state index is 10.1. The predicted molar refractivity (Wildman–Crippen MR) is 67.5 cm³/mol. The molecule has 2 rings (SSSR count). The second-order valence-corrected chi connectivity index (χ2v) is 4.07. The van der Waals surface area contributed by atoms with Crippen LogP contribution < -0.4 is 9.47 Å². The number of carbonyl (C=O) groups is 1. The largest absolute Gasteiger partial charge is 0.438 e. The molecule has 1 aromatic carbocycles. The fraction of sp³-hybridized carbons (Fsp3) is 0. The Bertz CT molecular complexity index is 558. The molecule has 0 spiro atoms. The Balaban J connectivity index is 2.15. The van der Waals surface area contributed by atoms with E-state index in [2.05, 4.69) is 9.72 Å². The number of ether oxygens (including phenoxy) is 2. The van der Waals surface area contributed by atoms with Crippen molar-refractivity contribution in [3.63, 3.8) is 0 Å². The minimum Gasteiger partial charge on any atom is -0.438 e. The Morgan fingerprint density at radius 3 is 2.39 bits per heavy atom. The van der Waals surface area contributed by atoms with Crippen LogP contribution in [0.4, 0.5) is 0 Å². The molecule has 0 N–H and O–H groups in total. The van der Waals surface area contributed by atoms with Gasteiger partial charge in [0.2, 0.25) is 5.88 Å². The quantitative estimate of drug-likeness (QED) is 0.803. The van der Waals surface area contributed by atoms with Crippen molar-refractivity contribution in [1.29, 1.82) is 0 Å². The number of rotatable bonds is 4. The lowest BCUT2D eigenvalue weighted by Crippen LogP contribution is -1.90. The van der Waals surface area contributed by atoms with Gasteiger partial charge in [-0.05, 0) is 30.3 Å². The van der Waals surface area contributed by atoms with E-state index < -0.39 is 0 Å². The SMILES string of the molecule is O=COc1ccc(Oc2ncc(Cl)cc2Cl)cc1. The topological polar surface area (TPSA) is 48.4 Å². The summed E-state index contributed by atoms with van der Waals surface area (Å²) in [5.41, 5.74) is 0. The van der Waals surface area contributed by atoms with Crippen LogP contribution in [0, 0.1) is 0 Å². The minimum atomic E-state index is 0.255. The van der Waals surface area contributed by atoms with Crippen molar-refractivity contribution in [2.75, 3.05) is 0 Å². The summed E-state index contributed by atoms with van der Waals surface area (Å²) in [6, 6.07) is 7.98. The third kappa shape index (κ3) is 3.12. The third-order valence-electron chi connectivity index (χ3n) is 2.00. The third-order valence-corrected chi connectivity index (χ3v) is 2.47. The first kappa shape index (κ1) is 12.7. The molecule has 1 heterocycles. The molecular weight excluding hydrogens is 277 g/mol. The second kappa shape index (κ2) is 5.71. The molecule has 0 aliphatic rings. The van der Waals surface area contributed by atoms with Crippen LogP contribution in [0.3, 0.4) is 0 Å². The van der Waals surface area contributed by atoms with Gasteiger partial charge in [0.05, 0.1) is 5.02 Å². The average Bonchev–Trinajstić information content (AvgIpc) is 2.35. The van der Waals surface area contributed by atoms with E-state index in [1.807, 2.05) is 0 Å². The maximum absolute atomic E-state index is 10.1. The lowest BCUT2D eigenvalue weighted by atomic mass is 10.3. The highest BCUT2D eigenvalue weighted by atomic mass is 35.5. The van der Waals surface area contributed by atoms with Crippen molar-refractivity contribution >= 4 is 29.7 Å². The minimum absolute atomic E-state index is 0.255. The van der Waals surface area contributed by atoms with Crippen LogP contribution in [0.1, 0.15) is 0 Å². The van der Waals surface area contributed by atoms with E-state index in [1.165, 1.54) is 12.3 Å². The van der Waals surface area contributed by atoms with Gasteiger partial charge < -0.3 is 9.47 Å². The van der Waals surface area contributed by atoms with Gasteiger partial charge in [0, 0.05) is 6.20 Å². The normalized spacial score (nSPS) is 9.89. The zero-order valence-electron chi connectivity index (χ0n) is 8.97. The number of aromatic nitrogens is 1. The Hall–Kier alpha value is -1.78. The van der Waals surface area contributed by atoms with Gasteiger partial charge in [0.25, 0.3) is 6.47 Å². The van der Waals surface area contributed by atoms with E-state index in [1.54, 1.807) is 24.3 Å². The van der Waals surface area contributed by atoms with Gasteiger partial charge in [-0.25, -0.2) is 4.98 Å². The number of pyridine rings is 1. The molecule has 0 aliphatic heterocycles. The molecule has 0 radical (unpaired) electrons. The molecule has 0 aliphatic carbocycles. The zero-order valence-corrected chi connectivity index (χ0v) is 10.5. The molecule has 0 unspecified atom stereocenters. The first-order chi connectivity index (χ1) is 8.69. The summed E-state index contributed by atoms with van der Waals surface area (Å²) in [5, 5.41) is 0.748. The molecule has 4 nitrogen and oxygen atoms in total. The molecule has 2 aromatic rings. The highest BCUT2D eigenvalue weighted by molar-refractivity contribution is 6.35. The summed E-state index contributed by atoms with van der Waals surface area (Å²) >= 11 is 11.6. The van der Waals surface area contributed by atoms with Crippen molar-refractivity contribution in [2.24, 2.45) is 0 Å². The first-order valence-electron chi connectivity index (χ1n) is 4.88. The van der Waals surface area contributed by atoms with Crippen molar-refractivity contribution < 1.29 is 14.3 Å².